The SMILES string of the molecule is CONCCOc1ccc(CO)nc1F. The fraction of sp³-hybridized carbons (Fsp3) is 0.444. The highest BCUT2D eigenvalue weighted by atomic mass is 19.1. The molecule has 1 aromatic heterocycles. The summed E-state index contributed by atoms with van der Waals surface area (Å²) in [5.41, 5.74) is 2.83. The summed E-state index contributed by atoms with van der Waals surface area (Å²) in [6.07, 6.45) is 0. The molecule has 0 aliphatic heterocycles. The van der Waals surface area contributed by atoms with Gasteiger partial charge >= 0.3 is 0 Å². The molecule has 0 spiro atoms. The van der Waals surface area contributed by atoms with Crippen LogP contribution in [0, 0.1) is 5.95 Å². The first-order chi connectivity index (χ1) is 7.27. The summed E-state index contributed by atoms with van der Waals surface area (Å²) in [5, 5.41) is 8.70. The average Bonchev–Trinajstić information content (AvgIpc) is 2.26. The molecule has 0 aliphatic carbocycles. The van der Waals surface area contributed by atoms with Crippen molar-refractivity contribution >= 4 is 0 Å². The Bertz CT molecular complexity index is 309. The lowest BCUT2D eigenvalue weighted by Gasteiger charge is -2.07. The van der Waals surface area contributed by atoms with Crippen LogP contribution in [0.5, 0.6) is 5.75 Å². The van der Waals surface area contributed by atoms with Crippen molar-refractivity contribution in [1.29, 1.82) is 0 Å². The average molecular weight is 216 g/mol. The Morgan fingerprint density at radius 1 is 1.53 bits per heavy atom. The number of ether oxygens (including phenoxy) is 1. The molecule has 0 fully saturated rings. The summed E-state index contributed by atoms with van der Waals surface area (Å²) in [4.78, 5) is 8.07. The summed E-state index contributed by atoms with van der Waals surface area (Å²) in [6, 6.07) is 2.93. The smallest absolute Gasteiger partial charge is 0.255 e. The Balaban J connectivity index is 2.47. The molecule has 6 heteroatoms. The number of hydroxylamine groups is 1. The third-order valence-electron chi connectivity index (χ3n) is 1.64. The molecule has 0 saturated carbocycles. The summed E-state index contributed by atoms with van der Waals surface area (Å²) in [5.74, 6) is -0.663. The van der Waals surface area contributed by atoms with Crippen LogP contribution in [-0.2, 0) is 11.4 Å². The highest BCUT2D eigenvalue weighted by Gasteiger charge is 2.05. The maximum Gasteiger partial charge on any atom is 0.255 e. The molecular weight excluding hydrogens is 203 g/mol. The molecule has 5 nitrogen and oxygen atoms in total. The molecule has 0 unspecified atom stereocenters. The largest absolute Gasteiger partial charge is 0.487 e. The van der Waals surface area contributed by atoms with Gasteiger partial charge in [0.1, 0.15) is 6.61 Å². The van der Waals surface area contributed by atoms with Gasteiger partial charge in [0, 0.05) is 0 Å². The van der Waals surface area contributed by atoms with Gasteiger partial charge in [0.2, 0.25) is 0 Å². The number of hydrogen-bond acceptors (Lipinski definition) is 5. The van der Waals surface area contributed by atoms with E-state index in [1.165, 1.54) is 19.2 Å². The van der Waals surface area contributed by atoms with Crippen molar-refractivity contribution in [2.75, 3.05) is 20.3 Å². The van der Waals surface area contributed by atoms with Gasteiger partial charge in [0.15, 0.2) is 5.75 Å². The number of nitrogens with one attached hydrogen (secondary N) is 1. The van der Waals surface area contributed by atoms with Gasteiger partial charge in [-0.15, -0.1) is 0 Å². The molecule has 1 aromatic rings. The van der Waals surface area contributed by atoms with E-state index in [1.807, 2.05) is 0 Å². The lowest BCUT2D eigenvalue weighted by atomic mass is 10.3. The maximum absolute atomic E-state index is 13.1. The van der Waals surface area contributed by atoms with E-state index in [4.69, 9.17) is 9.84 Å². The first kappa shape index (κ1) is 11.8. The Labute approximate surface area is 86.8 Å². The van der Waals surface area contributed by atoms with Crippen LogP contribution in [0.1, 0.15) is 5.69 Å². The summed E-state index contributed by atoms with van der Waals surface area (Å²) in [6.45, 7) is 0.422. The number of hydrogen-bond donors (Lipinski definition) is 2. The molecule has 0 saturated heterocycles. The van der Waals surface area contributed by atoms with Crippen molar-refractivity contribution in [1.82, 2.24) is 10.5 Å². The van der Waals surface area contributed by atoms with Gasteiger partial charge in [-0.1, -0.05) is 0 Å². The topological polar surface area (TPSA) is 63.6 Å². The molecule has 84 valence electrons. The molecule has 1 rings (SSSR count). The number of aliphatic hydroxyl groups excluding tert-OH is 1. The van der Waals surface area contributed by atoms with E-state index < -0.39 is 5.95 Å². The lowest BCUT2D eigenvalue weighted by Crippen LogP contribution is -2.19. The van der Waals surface area contributed by atoms with Gasteiger partial charge in [0.05, 0.1) is 26.0 Å². The number of halogens is 1. The fourth-order valence-electron chi connectivity index (χ4n) is 0.960. The van der Waals surface area contributed by atoms with Crippen LogP contribution in [0.25, 0.3) is 0 Å². The van der Waals surface area contributed by atoms with Crippen LogP contribution in [0.3, 0.4) is 0 Å². The van der Waals surface area contributed by atoms with Crippen LogP contribution in [-0.4, -0.2) is 30.4 Å². The third kappa shape index (κ3) is 3.78. The van der Waals surface area contributed by atoms with E-state index in [9.17, 15) is 4.39 Å². The first-order valence-electron chi connectivity index (χ1n) is 4.43. The van der Waals surface area contributed by atoms with E-state index in [1.54, 1.807) is 0 Å². The van der Waals surface area contributed by atoms with Gasteiger partial charge in [-0.3, -0.25) is 0 Å². The zero-order chi connectivity index (χ0) is 11.1. The zero-order valence-corrected chi connectivity index (χ0v) is 8.36. The highest BCUT2D eigenvalue weighted by Crippen LogP contribution is 2.14. The van der Waals surface area contributed by atoms with Crippen molar-refractivity contribution in [2.45, 2.75) is 6.61 Å². The van der Waals surface area contributed by atoms with Gasteiger partial charge in [0.25, 0.3) is 5.95 Å². The predicted molar refractivity (Wildman–Crippen MR) is 50.6 cm³/mol. The minimum Gasteiger partial charge on any atom is -0.487 e. The summed E-state index contributed by atoms with van der Waals surface area (Å²) in [7, 11) is 1.48. The van der Waals surface area contributed by atoms with E-state index >= 15 is 0 Å². The van der Waals surface area contributed by atoms with Crippen LogP contribution >= 0.6 is 0 Å². The van der Waals surface area contributed by atoms with E-state index in [0.717, 1.165) is 0 Å². The molecule has 0 aromatic carbocycles. The highest BCUT2D eigenvalue weighted by molar-refractivity contribution is 5.21. The Kier molecular flexibility index (Phi) is 4.96. The monoisotopic (exact) mass is 216 g/mol. The van der Waals surface area contributed by atoms with Crippen LogP contribution < -0.4 is 10.2 Å². The third-order valence-corrected chi connectivity index (χ3v) is 1.64. The van der Waals surface area contributed by atoms with Crippen LogP contribution in [0.4, 0.5) is 4.39 Å². The van der Waals surface area contributed by atoms with Gasteiger partial charge in [-0.25, -0.2) is 4.98 Å². The normalized spacial score (nSPS) is 10.3. The zero-order valence-electron chi connectivity index (χ0n) is 8.36. The Morgan fingerprint density at radius 2 is 2.33 bits per heavy atom. The van der Waals surface area contributed by atoms with Crippen molar-refractivity contribution < 1.29 is 19.1 Å². The quantitative estimate of drug-likeness (QED) is 0.405. The molecular formula is C9H13FN2O3. The molecule has 0 aliphatic rings. The van der Waals surface area contributed by atoms with Crippen molar-refractivity contribution in [3.63, 3.8) is 0 Å². The lowest BCUT2D eigenvalue weighted by molar-refractivity contribution is 0.0801. The summed E-state index contributed by atoms with van der Waals surface area (Å²) >= 11 is 0. The van der Waals surface area contributed by atoms with Crippen molar-refractivity contribution in [3.05, 3.63) is 23.8 Å². The fourth-order valence-corrected chi connectivity index (χ4v) is 0.960. The molecule has 0 radical (unpaired) electrons. The van der Waals surface area contributed by atoms with E-state index in [0.29, 0.717) is 6.54 Å². The van der Waals surface area contributed by atoms with E-state index in [2.05, 4.69) is 15.3 Å². The summed E-state index contributed by atoms with van der Waals surface area (Å²) < 4.78 is 18.2. The number of rotatable bonds is 6. The second-order valence-corrected chi connectivity index (χ2v) is 2.70. The maximum atomic E-state index is 13.1. The number of pyridine rings is 1. The number of nitrogens with zero attached hydrogens (tertiary/aromatic N) is 1. The van der Waals surface area contributed by atoms with Gasteiger partial charge < -0.3 is 14.7 Å². The van der Waals surface area contributed by atoms with Crippen molar-refractivity contribution in [3.8, 4) is 5.75 Å². The number of aliphatic hydroxyl groups is 1. The molecule has 15 heavy (non-hydrogen) atoms. The van der Waals surface area contributed by atoms with Gasteiger partial charge in [-0.2, -0.15) is 9.87 Å². The minimum atomic E-state index is -0.723. The van der Waals surface area contributed by atoms with Gasteiger partial charge in [-0.05, 0) is 12.1 Å². The van der Waals surface area contributed by atoms with Crippen LogP contribution in [0.2, 0.25) is 0 Å². The number of aromatic nitrogens is 1. The minimum absolute atomic E-state index is 0.0603. The molecule has 0 bridgehead atoms. The molecule has 2 N–H and O–H groups in total. The first-order valence-corrected chi connectivity index (χ1v) is 4.43. The molecule has 0 atom stereocenters. The van der Waals surface area contributed by atoms with Crippen LogP contribution in [0.15, 0.2) is 12.1 Å². The second-order valence-electron chi connectivity index (χ2n) is 2.70. The second kappa shape index (κ2) is 6.28. The molecule has 1 heterocycles. The van der Waals surface area contributed by atoms with Crippen molar-refractivity contribution in [2.24, 2.45) is 0 Å². The Morgan fingerprint density at radius 3 is 2.93 bits per heavy atom. The molecule has 0 amide bonds. The predicted octanol–water partition coefficient (Wildman–Crippen LogP) is 0.243. The standard InChI is InChI=1S/C9H13FN2O3/c1-14-11-4-5-15-8-3-2-7(6-13)12-9(8)10/h2-3,11,13H,4-6H2,1H3. The van der Waals surface area contributed by atoms with E-state index in [-0.39, 0.29) is 24.7 Å². The Hall–Kier alpha value is -1.24.